The van der Waals surface area contributed by atoms with Crippen molar-refractivity contribution in [1.29, 1.82) is 0 Å². The summed E-state index contributed by atoms with van der Waals surface area (Å²) in [6.45, 7) is 6.97. The number of aliphatic hydroxyl groups is 3. The van der Waals surface area contributed by atoms with Crippen LogP contribution in [0, 0.1) is 46.3 Å². The second-order valence-electron chi connectivity index (χ2n) is 11.8. The Balaban J connectivity index is 1.54. The van der Waals surface area contributed by atoms with E-state index in [9.17, 15) is 20.1 Å². The van der Waals surface area contributed by atoms with Crippen molar-refractivity contribution < 1.29 is 25.2 Å². The molecule has 0 radical (unpaired) electrons. The lowest BCUT2D eigenvalue weighted by Gasteiger charge is -2.63. The van der Waals surface area contributed by atoms with Crippen molar-refractivity contribution in [2.24, 2.45) is 46.3 Å². The molecule has 0 aliphatic heterocycles. The largest absolute Gasteiger partial charge is 0.481 e. The second kappa shape index (κ2) is 8.04. The van der Waals surface area contributed by atoms with Gasteiger partial charge in [0, 0.05) is 6.42 Å². The highest BCUT2D eigenvalue weighted by atomic mass is 16.4. The first kappa shape index (κ1) is 22.5. The summed E-state index contributed by atoms with van der Waals surface area (Å²) in [5.41, 5.74) is 0.00274. The number of carbonyl (C=O) groups is 1. The minimum atomic E-state index is -0.706. The first-order valence-electron chi connectivity index (χ1n) is 12.3. The van der Waals surface area contributed by atoms with Gasteiger partial charge in [-0.15, -0.1) is 0 Å². The van der Waals surface area contributed by atoms with Gasteiger partial charge in [0.25, 0.3) is 0 Å². The van der Waals surface area contributed by atoms with Crippen LogP contribution < -0.4 is 0 Å². The molecular formula is C25H42O5. The van der Waals surface area contributed by atoms with Crippen LogP contribution in [-0.4, -0.2) is 44.7 Å². The highest BCUT2D eigenvalue weighted by Gasteiger charge is 2.64. The lowest BCUT2D eigenvalue weighted by molar-refractivity contribution is -0.212. The monoisotopic (exact) mass is 422 g/mol. The fourth-order valence-electron chi connectivity index (χ4n) is 9.02. The van der Waals surface area contributed by atoms with E-state index in [2.05, 4.69) is 20.8 Å². The Morgan fingerprint density at radius 2 is 1.77 bits per heavy atom. The van der Waals surface area contributed by atoms with Crippen molar-refractivity contribution in [3.8, 4) is 0 Å². The molecule has 0 amide bonds. The van der Waals surface area contributed by atoms with E-state index in [4.69, 9.17) is 5.11 Å². The molecule has 11 atom stereocenters. The van der Waals surface area contributed by atoms with Crippen LogP contribution in [0.15, 0.2) is 0 Å². The standard InChI is InChI=1S/C25H42O5/c1-14(5-4-6-22(29)30)17-7-8-18-23-19(9-10-24(17,18)2)25(3)15(12-20(23)27)11-16(26)13-21(25)28/h14-21,23,26-28H,4-13H2,1-3H3,(H,29,30)/t14-,15+,16+,17-,18+,19+,20-,21+,23+,24-,25+/m1/s1. The SMILES string of the molecule is C[C@H](CCCC(=O)O)[C@H]1CC[C@H]2[C@@H]3[C@H](O)C[C@@H]4C[C@H](O)C[C@H](O)[C@]4(C)[C@H]3CC[C@]12C. The summed E-state index contributed by atoms with van der Waals surface area (Å²) in [6, 6.07) is 0. The number of hydrogen-bond donors (Lipinski definition) is 4. The minimum absolute atomic E-state index is 0.198. The molecular weight excluding hydrogens is 380 g/mol. The highest BCUT2D eigenvalue weighted by Crippen LogP contribution is 2.68. The van der Waals surface area contributed by atoms with Crippen LogP contribution in [0.5, 0.6) is 0 Å². The van der Waals surface area contributed by atoms with Gasteiger partial charge < -0.3 is 20.4 Å². The normalized spacial score (nSPS) is 51.5. The lowest BCUT2D eigenvalue weighted by atomic mass is 9.43. The van der Waals surface area contributed by atoms with Gasteiger partial charge in [-0.3, -0.25) is 4.79 Å². The molecule has 0 spiro atoms. The Hall–Kier alpha value is -0.650. The first-order valence-corrected chi connectivity index (χ1v) is 12.3. The van der Waals surface area contributed by atoms with E-state index >= 15 is 0 Å². The van der Waals surface area contributed by atoms with Gasteiger partial charge in [0.05, 0.1) is 18.3 Å². The quantitative estimate of drug-likeness (QED) is 0.540. The summed E-state index contributed by atoms with van der Waals surface area (Å²) < 4.78 is 0. The lowest BCUT2D eigenvalue weighted by Crippen LogP contribution is -2.62. The van der Waals surface area contributed by atoms with Gasteiger partial charge in [0.1, 0.15) is 0 Å². The number of fused-ring (bicyclic) bond motifs is 5. The van der Waals surface area contributed by atoms with Crippen molar-refractivity contribution in [2.75, 3.05) is 0 Å². The molecule has 5 nitrogen and oxygen atoms in total. The van der Waals surface area contributed by atoms with Crippen LogP contribution in [-0.2, 0) is 4.79 Å². The number of rotatable bonds is 5. The molecule has 4 N–H and O–H groups in total. The zero-order chi connectivity index (χ0) is 21.8. The Labute approximate surface area is 181 Å². The molecule has 4 fully saturated rings. The van der Waals surface area contributed by atoms with Gasteiger partial charge in [-0.1, -0.05) is 20.8 Å². The molecule has 0 heterocycles. The van der Waals surface area contributed by atoms with Crippen molar-refractivity contribution in [1.82, 2.24) is 0 Å². The summed E-state index contributed by atoms with van der Waals surface area (Å²) in [4.78, 5) is 10.9. The molecule has 0 saturated heterocycles. The predicted octanol–water partition coefficient (Wildman–Crippen LogP) is 3.84. The first-order chi connectivity index (χ1) is 14.1. The molecule has 0 unspecified atom stereocenters. The number of aliphatic hydroxyl groups excluding tert-OH is 3. The molecule has 4 aliphatic carbocycles. The number of hydrogen-bond acceptors (Lipinski definition) is 4. The van der Waals surface area contributed by atoms with Crippen LogP contribution in [0.25, 0.3) is 0 Å². The van der Waals surface area contributed by atoms with Crippen LogP contribution in [0.1, 0.15) is 85.0 Å². The van der Waals surface area contributed by atoms with E-state index in [1.54, 1.807) is 0 Å². The maximum atomic E-state index is 11.3. The van der Waals surface area contributed by atoms with Crippen molar-refractivity contribution in [3.63, 3.8) is 0 Å². The summed E-state index contributed by atoms with van der Waals surface area (Å²) in [5.74, 6) is 1.64. The maximum absolute atomic E-state index is 11.3. The van der Waals surface area contributed by atoms with Crippen molar-refractivity contribution in [3.05, 3.63) is 0 Å². The van der Waals surface area contributed by atoms with Gasteiger partial charge in [0.2, 0.25) is 0 Å². The average Bonchev–Trinajstić information content (AvgIpc) is 3.01. The molecule has 5 heteroatoms. The smallest absolute Gasteiger partial charge is 0.303 e. The van der Waals surface area contributed by atoms with E-state index in [1.165, 1.54) is 6.42 Å². The summed E-state index contributed by atoms with van der Waals surface area (Å²) in [6.07, 6.45) is 7.08. The van der Waals surface area contributed by atoms with Crippen LogP contribution in [0.2, 0.25) is 0 Å². The number of aliphatic carboxylic acids is 1. The van der Waals surface area contributed by atoms with Crippen molar-refractivity contribution in [2.45, 2.75) is 103 Å². The third kappa shape index (κ3) is 3.44. The van der Waals surface area contributed by atoms with E-state index in [0.29, 0.717) is 42.9 Å². The van der Waals surface area contributed by atoms with Gasteiger partial charge in [-0.05, 0) is 104 Å². The zero-order valence-electron chi connectivity index (χ0n) is 19.0. The van der Waals surface area contributed by atoms with Gasteiger partial charge in [0.15, 0.2) is 0 Å². The average molecular weight is 423 g/mol. The fourth-order valence-corrected chi connectivity index (χ4v) is 9.02. The van der Waals surface area contributed by atoms with E-state index < -0.39 is 18.2 Å². The molecule has 4 rings (SSSR count). The van der Waals surface area contributed by atoms with E-state index in [1.807, 2.05) is 0 Å². The topological polar surface area (TPSA) is 98.0 Å². The summed E-state index contributed by atoms with van der Waals surface area (Å²) >= 11 is 0. The second-order valence-corrected chi connectivity index (χ2v) is 11.8. The van der Waals surface area contributed by atoms with Gasteiger partial charge >= 0.3 is 5.97 Å². The van der Waals surface area contributed by atoms with Crippen molar-refractivity contribution >= 4 is 5.97 Å². The number of carboxylic acid groups (broad SMARTS) is 1. The Morgan fingerprint density at radius 3 is 2.47 bits per heavy atom. The Morgan fingerprint density at radius 1 is 1.03 bits per heavy atom. The fraction of sp³-hybridized carbons (Fsp3) is 0.960. The Kier molecular flexibility index (Phi) is 6.04. The molecule has 0 bridgehead atoms. The van der Waals surface area contributed by atoms with Crippen LogP contribution >= 0.6 is 0 Å². The molecule has 172 valence electrons. The van der Waals surface area contributed by atoms with Crippen LogP contribution in [0.3, 0.4) is 0 Å². The highest BCUT2D eigenvalue weighted by molar-refractivity contribution is 5.66. The Bertz CT molecular complexity index is 651. The molecule has 0 aromatic heterocycles. The molecule has 4 saturated carbocycles. The van der Waals surface area contributed by atoms with Gasteiger partial charge in [-0.25, -0.2) is 0 Å². The third-order valence-corrected chi connectivity index (χ3v) is 10.6. The molecule has 0 aromatic rings. The van der Waals surface area contributed by atoms with E-state index in [-0.39, 0.29) is 35.2 Å². The molecule has 0 aromatic carbocycles. The number of carboxylic acids is 1. The third-order valence-electron chi connectivity index (χ3n) is 10.6. The molecule has 4 aliphatic rings. The maximum Gasteiger partial charge on any atom is 0.303 e. The summed E-state index contributed by atoms with van der Waals surface area (Å²) in [5, 5.41) is 41.6. The van der Waals surface area contributed by atoms with E-state index in [0.717, 1.165) is 32.1 Å². The molecule has 30 heavy (non-hydrogen) atoms. The van der Waals surface area contributed by atoms with Gasteiger partial charge in [-0.2, -0.15) is 0 Å². The summed E-state index contributed by atoms with van der Waals surface area (Å²) in [7, 11) is 0. The predicted molar refractivity (Wildman–Crippen MR) is 115 cm³/mol. The minimum Gasteiger partial charge on any atom is -0.481 e. The van der Waals surface area contributed by atoms with Crippen LogP contribution in [0.4, 0.5) is 0 Å². The zero-order valence-corrected chi connectivity index (χ0v) is 19.0.